The predicted octanol–water partition coefficient (Wildman–Crippen LogP) is 6.05. The van der Waals surface area contributed by atoms with E-state index in [0.717, 1.165) is 55.6 Å². The maximum absolute atomic E-state index is 13.5. The van der Waals surface area contributed by atoms with Crippen molar-refractivity contribution in [3.05, 3.63) is 95.1 Å². The summed E-state index contributed by atoms with van der Waals surface area (Å²) in [6.45, 7) is 3.86. The number of unbranched alkanes of at least 4 members (excludes halogenated alkanes) is 2. The molecular formula is C32H36F2N2O4. The predicted molar refractivity (Wildman–Crippen MR) is 152 cm³/mol. The van der Waals surface area contributed by atoms with Crippen LogP contribution in [0, 0.1) is 11.6 Å². The Hall–Kier alpha value is -3.91. The molecule has 1 amide bonds. The summed E-state index contributed by atoms with van der Waals surface area (Å²) in [4.78, 5) is 17.4. The van der Waals surface area contributed by atoms with Gasteiger partial charge in [-0.05, 0) is 78.9 Å². The smallest absolute Gasteiger partial charge is 0.254 e. The summed E-state index contributed by atoms with van der Waals surface area (Å²) in [6.07, 6.45) is 4.99. The van der Waals surface area contributed by atoms with E-state index in [2.05, 4.69) is 11.0 Å². The minimum Gasteiger partial charge on any atom is -0.493 e. The van der Waals surface area contributed by atoms with Crippen molar-refractivity contribution in [2.45, 2.75) is 19.3 Å². The molecule has 4 rings (SSSR count). The fraction of sp³-hybridized carbons (Fsp3) is 0.344. The highest BCUT2D eigenvalue weighted by Crippen LogP contribution is 2.38. The first kappa shape index (κ1) is 29.1. The van der Waals surface area contributed by atoms with E-state index in [1.54, 1.807) is 36.4 Å². The van der Waals surface area contributed by atoms with Crippen LogP contribution >= 0.6 is 0 Å². The number of ether oxygens (including phenoxy) is 3. The number of hydrogen-bond acceptors (Lipinski definition) is 5. The van der Waals surface area contributed by atoms with Crippen LogP contribution < -0.4 is 14.2 Å². The van der Waals surface area contributed by atoms with E-state index in [1.807, 2.05) is 4.90 Å². The first-order valence-corrected chi connectivity index (χ1v) is 13.5. The summed E-state index contributed by atoms with van der Waals surface area (Å²) in [7, 11) is 4.60. The number of carbonyl (C=O) groups is 1. The molecule has 1 heterocycles. The van der Waals surface area contributed by atoms with Crippen molar-refractivity contribution in [2.75, 3.05) is 54.1 Å². The molecule has 1 aliphatic heterocycles. The molecule has 6 nitrogen and oxygen atoms in total. The third-order valence-corrected chi connectivity index (χ3v) is 7.16. The van der Waals surface area contributed by atoms with Crippen molar-refractivity contribution in [3.63, 3.8) is 0 Å². The Balaban J connectivity index is 1.29. The van der Waals surface area contributed by atoms with Gasteiger partial charge in [-0.2, -0.15) is 0 Å². The molecule has 0 aliphatic carbocycles. The molecule has 0 atom stereocenters. The molecule has 1 saturated heterocycles. The molecule has 0 spiro atoms. The lowest BCUT2D eigenvalue weighted by Crippen LogP contribution is -2.48. The van der Waals surface area contributed by atoms with Gasteiger partial charge in [-0.15, -0.1) is 0 Å². The molecule has 212 valence electrons. The first-order chi connectivity index (χ1) is 19.4. The normalized spacial score (nSPS) is 13.6. The van der Waals surface area contributed by atoms with Gasteiger partial charge in [0.2, 0.25) is 5.75 Å². The van der Waals surface area contributed by atoms with Gasteiger partial charge in [-0.3, -0.25) is 9.69 Å². The first-order valence-electron chi connectivity index (χ1n) is 13.5. The number of halogens is 2. The summed E-state index contributed by atoms with van der Waals surface area (Å²) in [5, 5.41) is 0. The zero-order valence-corrected chi connectivity index (χ0v) is 23.3. The van der Waals surface area contributed by atoms with Crippen LogP contribution in [0.5, 0.6) is 17.2 Å². The Bertz CT molecular complexity index is 1230. The molecule has 0 aromatic heterocycles. The number of nitrogens with zero attached hydrogens (tertiary/aromatic N) is 2. The van der Waals surface area contributed by atoms with E-state index < -0.39 is 0 Å². The second kappa shape index (κ2) is 13.9. The molecular weight excluding hydrogens is 514 g/mol. The van der Waals surface area contributed by atoms with Crippen molar-refractivity contribution < 1.29 is 27.8 Å². The van der Waals surface area contributed by atoms with Crippen molar-refractivity contribution in [1.82, 2.24) is 9.80 Å². The Labute approximate surface area is 234 Å². The average molecular weight is 551 g/mol. The number of methoxy groups -OCH3 is 3. The van der Waals surface area contributed by atoms with Crippen LogP contribution in [0.1, 0.15) is 40.7 Å². The van der Waals surface area contributed by atoms with E-state index >= 15 is 0 Å². The number of piperazine rings is 1. The summed E-state index contributed by atoms with van der Waals surface area (Å²) < 4.78 is 43.1. The van der Waals surface area contributed by atoms with E-state index in [9.17, 15) is 13.6 Å². The minimum atomic E-state index is -0.285. The van der Waals surface area contributed by atoms with Crippen molar-refractivity contribution in [1.29, 1.82) is 0 Å². The van der Waals surface area contributed by atoms with E-state index in [1.165, 1.54) is 45.6 Å². The molecule has 0 N–H and O–H groups in total. The number of rotatable bonds is 11. The van der Waals surface area contributed by atoms with Gasteiger partial charge in [0.15, 0.2) is 11.5 Å². The number of carbonyl (C=O) groups excluding carboxylic acids is 1. The molecule has 1 aliphatic rings. The van der Waals surface area contributed by atoms with Gasteiger partial charge < -0.3 is 19.1 Å². The highest BCUT2D eigenvalue weighted by atomic mass is 19.1. The largest absolute Gasteiger partial charge is 0.493 e. The SMILES string of the molecule is COc1cc(C(=O)N2CCN(CCCCC=C(c3ccc(F)cc3)c3ccc(F)cc3)CC2)cc(OC)c1OC. The third kappa shape index (κ3) is 7.18. The summed E-state index contributed by atoms with van der Waals surface area (Å²) in [5.74, 6) is 0.751. The van der Waals surface area contributed by atoms with Crippen LogP contribution in [0.4, 0.5) is 8.78 Å². The van der Waals surface area contributed by atoms with Crippen LogP contribution in [0.15, 0.2) is 66.7 Å². The molecule has 3 aromatic rings. The number of allylic oxidation sites excluding steroid dienone is 1. The Morgan fingerprint density at radius 1 is 0.750 bits per heavy atom. The fourth-order valence-corrected chi connectivity index (χ4v) is 4.95. The van der Waals surface area contributed by atoms with Crippen LogP contribution in [0.25, 0.3) is 5.57 Å². The topological polar surface area (TPSA) is 51.2 Å². The summed E-state index contributed by atoms with van der Waals surface area (Å²) in [6, 6.07) is 16.2. The van der Waals surface area contributed by atoms with Crippen LogP contribution in [0.3, 0.4) is 0 Å². The van der Waals surface area contributed by atoms with Crippen LogP contribution in [-0.2, 0) is 0 Å². The van der Waals surface area contributed by atoms with Gasteiger partial charge in [0.05, 0.1) is 21.3 Å². The monoisotopic (exact) mass is 550 g/mol. The highest BCUT2D eigenvalue weighted by Gasteiger charge is 2.24. The van der Waals surface area contributed by atoms with Gasteiger partial charge in [0.25, 0.3) is 5.91 Å². The molecule has 8 heteroatoms. The minimum absolute atomic E-state index is 0.0573. The second-order valence-electron chi connectivity index (χ2n) is 9.68. The fourth-order valence-electron chi connectivity index (χ4n) is 4.95. The lowest BCUT2D eigenvalue weighted by atomic mass is 9.96. The number of amides is 1. The summed E-state index contributed by atoms with van der Waals surface area (Å²) >= 11 is 0. The van der Waals surface area contributed by atoms with Crippen LogP contribution in [0.2, 0.25) is 0 Å². The maximum atomic E-state index is 13.5. The van der Waals surface area contributed by atoms with Gasteiger partial charge in [-0.25, -0.2) is 8.78 Å². The number of benzene rings is 3. The van der Waals surface area contributed by atoms with Gasteiger partial charge in [0, 0.05) is 31.7 Å². The quantitative estimate of drug-likeness (QED) is 0.272. The maximum Gasteiger partial charge on any atom is 0.254 e. The molecule has 0 radical (unpaired) electrons. The molecule has 3 aromatic carbocycles. The Morgan fingerprint density at radius 2 is 1.27 bits per heavy atom. The molecule has 0 unspecified atom stereocenters. The number of hydrogen-bond donors (Lipinski definition) is 0. The highest BCUT2D eigenvalue weighted by molar-refractivity contribution is 5.95. The van der Waals surface area contributed by atoms with E-state index in [0.29, 0.717) is 35.9 Å². The average Bonchev–Trinajstić information content (AvgIpc) is 2.99. The third-order valence-electron chi connectivity index (χ3n) is 7.16. The lowest BCUT2D eigenvalue weighted by molar-refractivity contribution is 0.0634. The zero-order chi connectivity index (χ0) is 28.5. The Kier molecular flexibility index (Phi) is 10.1. The lowest BCUT2D eigenvalue weighted by Gasteiger charge is -2.35. The van der Waals surface area contributed by atoms with Gasteiger partial charge >= 0.3 is 0 Å². The Morgan fingerprint density at radius 3 is 1.75 bits per heavy atom. The van der Waals surface area contributed by atoms with Crippen molar-refractivity contribution >= 4 is 11.5 Å². The van der Waals surface area contributed by atoms with E-state index in [4.69, 9.17) is 14.2 Å². The molecule has 40 heavy (non-hydrogen) atoms. The van der Waals surface area contributed by atoms with Crippen LogP contribution in [-0.4, -0.2) is 69.8 Å². The molecule has 0 bridgehead atoms. The second-order valence-corrected chi connectivity index (χ2v) is 9.68. The summed E-state index contributed by atoms with van der Waals surface area (Å²) in [5.41, 5.74) is 3.29. The van der Waals surface area contributed by atoms with Crippen molar-refractivity contribution in [2.24, 2.45) is 0 Å². The molecule has 0 saturated carbocycles. The van der Waals surface area contributed by atoms with Crippen molar-refractivity contribution in [3.8, 4) is 17.2 Å². The van der Waals surface area contributed by atoms with Gasteiger partial charge in [0.1, 0.15) is 11.6 Å². The standard InChI is InChI=1S/C32H36F2N2O4/c1-38-29-21-25(22-30(39-2)31(29)40-3)32(37)36-19-17-35(18-20-36)16-6-4-5-7-28(23-8-12-26(33)13-9-23)24-10-14-27(34)15-11-24/h7-15,21-22H,4-6,16-20H2,1-3H3. The van der Waals surface area contributed by atoms with E-state index in [-0.39, 0.29) is 17.5 Å². The molecule has 1 fully saturated rings. The zero-order valence-electron chi connectivity index (χ0n) is 23.3. The van der Waals surface area contributed by atoms with Gasteiger partial charge in [-0.1, -0.05) is 30.3 Å².